The fourth-order valence-electron chi connectivity index (χ4n) is 4.91. The van der Waals surface area contributed by atoms with E-state index in [-0.39, 0.29) is 18.5 Å². The molecule has 10 heteroatoms. The number of aromatic nitrogens is 5. The molecular formula is C26H28N6O4. The molecule has 1 atom stereocenters. The van der Waals surface area contributed by atoms with Gasteiger partial charge in [-0.25, -0.2) is 4.68 Å². The van der Waals surface area contributed by atoms with Crippen LogP contribution in [-0.2, 0) is 30.9 Å². The number of aromatic amines is 1. The van der Waals surface area contributed by atoms with Crippen LogP contribution in [0.3, 0.4) is 0 Å². The lowest BCUT2D eigenvalue weighted by atomic mass is 10.1. The summed E-state index contributed by atoms with van der Waals surface area (Å²) in [6, 6.07) is 13.9. The lowest BCUT2D eigenvalue weighted by Gasteiger charge is -2.22. The van der Waals surface area contributed by atoms with E-state index in [1.54, 1.807) is 0 Å². The van der Waals surface area contributed by atoms with Gasteiger partial charge in [0.15, 0.2) is 17.3 Å². The number of nitrogens with one attached hydrogen (secondary N) is 1. The zero-order valence-corrected chi connectivity index (χ0v) is 20.1. The van der Waals surface area contributed by atoms with E-state index in [4.69, 9.17) is 14.2 Å². The molecule has 0 bridgehead atoms. The lowest BCUT2D eigenvalue weighted by Crippen LogP contribution is -2.29. The van der Waals surface area contributed by atoms with Gasteiger partial charge in [-0.3, -0.25) is 9.69 Å². The molecule has 2 aliphatic rings. The summed E-state index contributed by atoms with van der Waals surface area (Å²) in [7, 11) is 0. The molecule has 6 rings (SSSR count). The van der Waals surface area contributed by atoms with Crippen molar-refractivity contribution >= 4 is 10.9 Å². The number of hydrogen-bond acceptors (Lipinski definition) is 8. The molecule has 2 aromatic carbocycles. The Morgan fingerprint density at radius 3 is 2.92 bits per heavy atom. The monoisotopic (exact) mass is 488 g/mol. The first kappa shape index (κ1) is 22.7. The van der Waals surface area contributed by atoms with E-state index in [2.05, 4.69) is 25.4 Å². The summed E-state index contributed by atoms with van der Waals surface area (Å²) in [6.45, 7) is 5.11. The van der Waals surface area contributed by atoms with Gasteiger partial charge in [-0.15, -0.1) is 5.10 Å². The van der Waals surface area contributed by atoms with Crippen LogP contribution < -0.4 is 15.0 Å². The van der Waals surface area contributed by atoms with E-state index in [9.17, 15) is 4.79 Å². The van der Waals surface area contributed by atoms with E-state index in [0.29, 0.717) is 31.7 Å². The van der Waals surface area contributed by atoms with Gasteiger partial charge in [-0.05, 0) is 64.9 Å². The molecule has 1 fully saturated rings. The molecular weight excluding hydrogens is 460 g/mol. The summed E-state index contributed by atoms with van der Waals surface area (Å²) in [5, 5.41) is 13.4. The first-order chi connectivity index (χ1) is 17.6. The number of tetrazole rings is 1. The summed E-state index contributed by atoms with van der Waals surface area (Å²) in [6.07, 6.45) is 2.19. The molecule has 0 saturated carbocycles. The highest BCUT2D eigenvalue weighted by Gasteiger charge is 2.21. The van der Waals surface area contributed by atoms with Gasteiger partial charge < -0.3 is 19.2 Å². The minimum atomic E-state index is -0.0913. The molecule has 36 heavy (non-hydrogen) atoms. The maximum Gasteiger partial charge on any atom is 0.252 e. The summed E-state index contributed by atoms with van der Waals surface area (Å²) >= 11 is 0. The number of fused-ring (bicyclic) bond motifs is 2. The summed E-state index contributed by atoms with van der Waals surface area (Å²) < 4.78 is 18.6. The van der Waals surface area contributed by atoms with Crippen molar-refractivity contribution in [2.45, 2.75) is 52.0 Å². The predicted octanol–water partition coefficient (Wildman–Crippen LogP) is 2.93. The van der Waals surface area contributed by atoms with Crippen LogP contribution in [0, 0.1) is 6.92 Å². The molecule has 1 saturated heterocycles. The molecule has 4 aromatic rings. The highest BCUT2D eigenvalue weighted by atomic mass is 16.7. The molecule has 0 spiro atoms. The van der Waals surface area contributed by atoms with Gasteiger partial charge in [0, 0.05) is 25.3 Å². The van der Waals surface area contributed by atoms with Crippen molar-refractivity contribution in [3.05, 3.63) is 75.3 Å². The third-order valence-corrected chi connectivity index (χ3v) is 6.77. The predicted molar refractivity (Wildman–Crippen MR) is 132 cm³/mol. The highest BCUT2D eigenvalue weighted by molar-refractivity contribution is 5.81. The van der Waals surface area contributed by atoms with Crippen LogP contribution in [0.25, 0.3) is 10.9 Å². The number of benzene rings is 2. The van der Waals surface area contributed by atoms with Crippen molar-refractivity contribution in [1.82, 2.24) is 30.1 Å². The minimum absolute atomic E-state index is 0.0913. The van der Waals surface area contributed by atoms with Crippen LogP contribution >= 0.6 is 0 Å². The van der Waals surface area contributed by atoms with E-state index >= 15 is 0 Å². The van der Waals surface area contributed by atoms with Gasteiger partial charge >= 0.3 is 0 Å². The number of rotatable bonds is 8. The molecule has 186 valence electrons. The SMILES string of the molecule is Cc1cccc2cc(CN(Cc3ccc4c(c3)OCO4)Cc3nnnn3C[C@@H]3CCCO3)c(=O)[nH]c12. The Balaban J connectivity index is 1.29. The third kappa shape index (κ3) is 4.69. The number of nitrogens with zero attached hydrogens (tertiary/aromatic N) is 5. The second-order valence-corrected chi connectivity index (χ2v) is 9.41. The average molecular weight is 489 g/mol. The largest absolute Gasteiger partial charge is 0.454 e. The van der Waals surface area contributed by atoms with Gasteiger partial charge in [-0.2, -0.15) is 0 Å². The van der Waals surface area contributed by atoms with Crippen molar-refractivity contribution in [3.63, 3.8) is 0 Å². The maximum atomic E-state index is 13.0. The van der Waals surface area contributed by atoms with Gasteiger partial charge in [0.25, 0.3) is 5.56 Å². The lowest BCUT2D eigenvalue weighted by molar-refractivity contribution is 0.0914. The third-order valence-electron chi connectivity index (χ3n) is 6.77. The van der Waals surface area contributed by atoms with Crippen LogP contribution in [0.2, 0.25) is 0 Å². The summed E-state index contributed by atoms with van der Waals surface area (Å²) in [5.74, 6) is 2.21. The van der Waals surface area contributed by atoms with E-state index in [0.717, 1.165) is 58.8 Å². The van der Waals surface area contributed by atoms with Gasteiger partial charge in [0.1, 0.15) is 0 Å². The molecule has 10 nitrogen and oxygen atoms in total. The topological polar surface area (TPSA) is 107 Å². The standard InChI is InChI=1S/C26H28N6O4/c1-17-4-2-5-19-11-20(26(33)27-25(17)19)13-31(12-18-7-8-22-23(10-18)36-16-35-22)15-24-28-29-30-32(24)14-21-6-3-9-34-21/h2,4-5,7-8,10-11,21H,3,6,9,12-16H2,1H3,(H,27,33)/t21-/m0/s1. The second-order valence-electron chi connectivity index (χ2n) is 9.41. The molecule has 2 aliphatic heterocycles. The number of aryl methyl sites for hydroxylation is 1. The van der Waals surface area contributed by atoms with Crippen molar-refractivity contribution in [1.29, 1.82) is 0 Å². The van der Waals surface area contributed by atoms with Crippen LogP contribution in [0.1, 0.15) is 35.4 Å². The van der Waals surface area contributed by atoms with Crippen molar-refractivity contribution in [2.75, 3.05) is 13.4 Å². The van der Waals surface area contributed by atoms with Gasteiger partial charge in [0.05, 0.1) is 24.7 Å². The van der Waals surface area contributed by atoms with Crippen LogP contribution in [-0.4, -0.2) is 49.6 Å². The number of para-hydroxylation sites is 1. The Morgan fingerprint density at radius 2 is 2.03 bits per heavy atom. The van der Waals surface area contributed by atoms with Crippen LogP contribution in [0.15, 0.2) is 47.3 Å². The van der Waals surface area contributed by atoms with Crippen molar-refractivity contribution in [2.24, 2.45) is 0 Å². The fraction of sp³-hybridized carbons (Fsp3) is 0.385. The Hall–Kier alpha value is -3.76. The van der Waals surface area contributed by atoms with E-state index in [1.807, 2.05) is 54.1 Å². The Labute approximate surface area is 207 Å². The maximum absolute atomic E-state index is 13.0. The second kappa shape index (κ2) is 9.71. The van der Waals surface area contributed by atoms with Crippen LogP contribution in [0.4, 0.5) is 0 Å². The minimum Gasteiger partial charge on any atom is -0.454 e. The zero-order chi connectivity index (χ0) is 24.5. The number of pyridine rings is 1. The number of hydrogen-bond donors (Lipinski definition) is 1. The molecule has 0 aliphatic carbocycles. The first-order valence-corrected chi connectivity index (χ1v) is 12.2. The summed E-state index contributed by atoms with van der Waals surface area (Å²) in [4.78, 5) is 18.3. The molecule has 0 unspecified atom stereocenters. The average Bonchev–Trinajstić information content (AvgIpc) is 3.63. The summed E-state index contributed by atoms with van der Waals surface area (Å²) in [5.41, 5.74) is 3.56. The molecule has 0 radical (unpaired) electrons. The molecule has 4 heterocycles. The normalized spacial score (nSPS) is 16.9. The number of H-pyrrole nitrogens is 1. The van der Waals surface area contributed by atoms with Crippen molar-refractivity contribution < 1.29 is 14.2 Å². The Kier molecular flexibility index (Phi) is 6.12. The van der Waals surface area contributed by atoms with Gasteiger partial charge in [0.2, 0.25) is 6.79 Å². The fourth-order valence-corrected chi connectivity index (χ4v) is 4.91. The zero-order valence-electron chi connectivity index (χ0n) is 20.1. The molecule has 2 aromatic heterocycles. The number of ether oxygens (including phenoxy) is 3. The molecule has 1 N–H and O–H groups in total. The Bertz CT molecular complexity index is 1440. The first-order valence-electron chi connectivity index (χ1n) is 12.2. The van der Waals surface area contributed by atoms with Crippen molar-refractivity contribution in [3.8, 4) is 11.5 Å². The van der Waals surface area contributed by atoms with E-state index < -0.39 is 0 Å². The smallest absolute Gasteiger partial charge is 0.252 e. The van der Waals surface area contributed by atoms with Crippen LogP contribution in [0.5, 0.6) is 11.5 Å². The van der Waals surface area contributed by atoms with Gasteiger partial charge in [-0.1, -0.05) is 24.3 Å². The molecule has 0 amide bonds. The Morgan fingerprint density at radius 1 is 1.11 bits per heavy atom. The highest BCUT2D eigenvalue weighted by Crippen LogP contribution is 2.33. The van der Waals surface area contributed by atoms with E-state index in [1.165, 1.54) is 0 Å². The quantitative estimate of drug-likeness (QED) is 0.403.